The van der Waals surface area contributed by atoms with Crippen LogP contribution in [0, 0.1) is 17.8 Å². The fraction of sp³-hybridized carbons (Fsp3) is 0.833. The lowest BCUT2D eigenvalue weighted by molar-refractivity contribution is -0.935. The SMILES string of the molecule is CC/C=C/CCCCCCCCCCC[N+](CC(CC)C(=O)[O-])(CC(CC)C(=O)O)CC(CC)C(=O)O. The predicted molar refractivity (Wildman–Crippen MR) is 147 cm³/mol. The molecule has 0 fully saturated rings. The molecular formula is C30H55NO6. The second-order valence-electron chi connectivity index (χ2n) is 10.8. The predicted octanol–water partition coefficient (Wildman–Crippen LogP) is 5.67. The van der Waals surface area contributed by atoms with Crippen molar-refractivity contribution in [2.75, 3.05) is 26.2 Å². The van der Waals surface area contributed by atoms with Crippen LogP contribution in [0.4, 0.5) is 0 Å². The van der Waals surface area contributed by atoms with Gasteiger partial charge in [-0.3, -0.25) is 9.59 Å². The highest BCUT2D eigenvalue weighted by atomic mass is 16.4. The van der Waals surface area contributed by atoms with Gasteiger partial charge in [0.05, 0.1) is 32.1 Å². The molecule has 0 heterocycles. The molecule has 0 rings (SSSR count). The Hall–Kier alpha value is -1.89. The molecule has 0 amide bonds. The minimum absolute atomic E-state index is 0.217. The van der Waals surface area contributed by atoms with Gasteiger partial charge >= 0.3 is 11.9 Å². The topological polar surface area (TPSA) is 115 Å². The number of carboxylic acids is 3. The van der Waals surface area contributed by atoms with Crippen LogP contribution in [0.25, 0.3) is 0 Å². The van der Waals surface area contributed by atoms with Crippen molar-refractivity contribution >= 4 is 17.9 Å². The van der Waals surface area contributed by atoms with E-state index in [1.807, 2.05) is 13.8 Å². The van der Waals surface area contributed by atoms with Gasteiger partial charge in [-0.15, -0.1) is 0 Å². The van der Waals surface area contributed by atoms with E-state index >= 15 is 0 Å². The molecule has 0 saturated heterocycles. The zero-order chi connectivity index (χ0) is 28.1. The van der Waals surface area contributed by atoms with Crippen LogP contribution in [0.15, 0.2) is 12.2 Å². The van der Waals surface area contributed by atoms with E-state index in [1.54, 1.807) is 6.92 Å². The van der Waals surface area contributed by atoms with Gasteiger partial charge in [-0.2, -0.15) is 0 Å². The fourth-order valence-corrected chi connectivity index (χ4v) is 5.27. The summed E-state index contributed by atoms with van der Waals surface area (Å²) in [5, 5.41) is 31.3. The Balaban J connectivity index is 5.12. The molecular weight excluding hydrogens is 470 g/mol. The number of hydrogen-bond acceptors (Lipinski definition) is 4. The van der Waals surface area contributed by atoms with Gasteiger partial charge in [0.25, 0.3) is 0 Å². The third kappa shape index (κ3) is 15.8. The molecule has 0 aliphatic carbocycles. The molecule has 7 nitrogen and oxygen atoms in total. The van der Waals surface area contributed by atoms with Crippen LogP contribution in [0.5, 0.6) is 0 Å². The largest absolute Gasteiger partial charge is 0.550 e. The number of allylic oxidation sites excluding steroid dienone is 2. The normalized spacial score (nSPS) is 15.8. The van der Waals surface area contributed by atoms with E-state index in [-0.39, 0.29) is 24.1 Å². The fourth-order valence-electron chi connectivity index (χ4n) is 5.27. The van der Waals surface area contributed by atoms with Crippen molar-refractivity contribution in [2.24, 2.45) is 17.8 Å². The van der Waals surface area contributed by atoms with Crippen molar-refractivity contribution in [3.05, 3.63) is 12.2 Å². The second kappa shape index (κ2) is 21.1. The molecule has 0 aromatic carbocycles. The molecule has 3 atom stereocenters. The van der Waals surface area contributed by atoms with Gasteiger partial charge in [-0.25, -0.2) is 0 Å². The van der Waals surface area contributed by atoms with E-state index in [1.165, 1.54) is 38.5 Å². The summed E-state index contributed by atoms with van der Waals surface area (Å²) in [4.78, 5) is 35.7. The van der Waals surface area contributed by atoms with E-state index < -0.39 is 35.7 Å². The maximum absolute atomic E-state index is 11.9. The number of quaternary nitrogens is 1. The van der Waals surface area contributed by atoms with E-state index in [4.69, 9.17) is 0 Å². The highest BCUT2D eigenvalue weighted by Crippen LogP contribution is 2.25. The first-order valence-electron chi connectivity index (χ1n) is 14.8. The number of aliphatic carboxylic acids is 3. The van der Waals surface area contributed by atoms with Gasteiger partial charge in [0.2, 0.25) is 0 Å². The van der Waals surface area contributed by atoms with Gasteiger partial charge in [0, 0.05) is 5.92 Å². The highest BCUT2D eigenvalue weighted by Gasteiger charge is 2.39. The van der Waals surface area contributed by atoms with E-state index in [2.05, 4.69) is 19.1 Å². The Labute approximate surface area is 225 Å². The zero-order valence-corrected chi connectivity index (χ0v) is 24.1. The summed E-state index contributed by atoms with van der Waals surface area (Å²) in [5.74, 6) is -4.95. The maximum atomic E-state index is 11.9. The Morgan fingerprint density at radius 1 is 0.649 bits per heavy atom. The van der Waals surface area contributed by atoms with Crippen molar-refractivity contribution in [2.45, 2.75) is 118 Å². The zero-order valence-electron chi connectivity index (χ0n) is 24.1. The van der Waals surface area contributed by atoms with Crippen LogP contribution in [0.2, 0.25) is 0 Å². The Kier molecular flexibility index (Phi) is 20.0. The van der Waals surface area contributed by atoms with Crippen LogP contribution in [-0.2, 0) is 14.4 Å². The van der Waals surface area contributed by atoms with E-state index in [9.17, 15) is 29.7 Å². The third-order valence-corrected chi connectivity index (χ3v) is 7.74. The van der Waals surface area contributed by atoms with Crippen LogP contribution in [0.1, 0.15) is 118 Å². The molecule has 3 unspecified atom stereocenters. The van der Waals surface area contributed by atoms with E-state index in [0.29, 0.717) is 25.8 Å². The molecule has 216 valence electrons. The van der Waals surface area contributed by atoms with Crippen LogP contribution in [0.3, 0.4) is 0 Å². The minimum atomic E-state index is -1.14. The summed E-state index contributed by atoms with van der Waals surface area (Å²) < 4.78 is 0.217. The molecule has 0 aromatic heterocycles. The minimum Gasteiger partial charge on any atom is -0.550 e. The quantitative estimate of drug-likeness (QED) is 0.0902. The lowest BCUT2D eigenvalue weighted by atomic mass is 9.95. The van der Waals surface area contributed by atoms with Gasteiger partial charge in [-0.05, 0) is 51.4 Å². The van der Waals surface area contributed by atoms with Gasteiger partial charge < -0.3 is 24.6 Å². The highest BCUT2D eigenvalue weighted by molar-refractivity contribution is 5.70. The summed E-state index contributed by atoms with van der Waals surface area (Å²) in [5.41, 5.74) is 0. The first-order chi connectivity index (χ1) is 17.7. The lowest BCUT2D eigenvalue weighted by Gasteiger charge is -2.44. The summed E-state index contributed by atoms with van der Waals surface area (Å²) in [6.07, 6.45) is 18.3. The molecule has 37 heavy (non-hydrogen) atoms. The number of nitrogens with zero attached hydrogens (tertiary/aromatic N) is 1. The van der Waals surface area contributed by atoms with Crippen LogP contribution >= 0.6 is 0 Å². The standard InChI is InChI=1S/C30H55NO6/c1-5-9-10-11-12-13-14-15-16-17-18-19-20-21-31(22-25(6-2)28(32)33,23-26(7-3)29(34)35)24-27(8-4)30(36)37/h9-10,25-27H,5-8,11-24H2,1-4H3,(H2-,32,33,34,35,36,37)/b10-9+. The molecule has 0 bridgehead atoms. The van der Waals surface area contributed by atoms with Crippen molar-refractivity contribution in [3.8, 4) is 0 Å². The average Bonchev–Trinajstić information content (AvgIpc) is 2.86. The third-order valence-electron chi connectivity index (χ3n) is 7.74. The van der Waals surface area contributed by atoms with Crippen molar-refractivity contribution < 1.29 is 34.2 Å². The molecule has 0 aromatic rings. The average molecular weight is 526 g/mol. The number of hydrogen-bond donors (Lipinski definition) is 2. The monoisotopic (exact) mass is 525 g/mol. The Morgan fingerprint density at radius 2 is 1.05 bits per heavy atom. The molecule has 7 heteroatoms. The second-order valence-corrected chi connectivity index (χ2v) is 10.8. The molecule has 0 radical (unpaired) electrons. The summed E-state index contributed by atoms with van der Waals surface area (Å²) >= 11 is 0. The molecule has 0 spiro atoms. The van der Waals surface area contributed by atoms with Crippen molar-refractivity contribution in [1.82, 2.24) is 0 Å². The van der Waals surface area contributed by atoms with Gasteiger partial charge in [0.15, 0.2) is 0 Å². The number of rotatable bonds is 25. The van der Waals surface area contributed by atoms with Gasteiger partial charge in [-0.1, -0.05) is 78.4 Å². The smallest absolute Gasteiger partial charge is 0.312 e. The first-order valence-corrected chi connectivity index (χ1v) is 14.8. The maximum Gasteiger partial charge on any atom is 0.312 e. The molecule has 0 saturated carbocycles. The summed E-state index contributed by atoms with van der Waals surface area (Å²) in [6.45, 7) is 8.92. The number of carbonyl (C=O) groups excluding carboxylic acids is 1. The number of unbranched alkanes of at least 4 members (excludes halogenated alkanes) is 9. The summed E-state index contributed by atoms with van der Waals surface area (Å²) in [6, 6.07) is 0. The van der Waals surface area contributed by atoms with Crippen molar-refractivity contribution in [1.29, 1.82) is 0 Å². The van der Waals surface area contributed by atoms with Crippen LogP contribution < -0.4 is 5.11 Å². The van der Waals surface area contributed by atoms with Crippen LogP contribution in [-0.4, -0.2) is 58.8 Å². The first kappa shape index (κ1) is 35.1. The van der Waals surface area contributed by atoms with Gasteiger partial charge in [0.1, 0.15) is 11.8 Å². The lowest BCUT2D eigenvalue weighted by Crippen LogP contribution is -2.59. The molecule has 0 aliphatic rings. The van der Waals surface area contributed by atoms with E-state index in [0.717, 1.165) is 32.1 Å². The molecule has 2 N–H and O–H groups in total. The number of carbonyl (C=O) groups is 3. The number of carboxylic acid groups (broad SMARTS) is 3. The van der Waals surface area contributed by atoms with Crippen molar-refractivity contribution in [3.63, 3.8) is 0 Å². The Bertz CT molecular complexity index is 603. The molecule has 0 aliphatic heterocycles. The Morgan fingerprint density at radius 3 is 1.43 bits per heavy atom. The summed E-state index contributed by atoms with van der Waals surface area (Å²) in [7, 11) is 0.